The molecule has 3 heterocycles. The number of aliphatic hydroxyl groups excluding tert-OH is 1. The number of likely N-dealkylation sites (tertiary alicyclic amines) is 1. The second-order valence-electron chi connectivity index (χ2n) is 11.4. The van der Waals surface area contributed by atoms with Crippen molar-refractivity contribution in [2.75, 3.05) is 36.0 Å². The second kappa shape index (κ2) is 12.3. The Labute approximate surface area is 257 Å². The van der Waals surface area contributed by atoms with Crippen LogP contribution in [0.15, 0.2) is 73.8 Å². The number of aliphatic hydroxyl groups is 1. The molecule has 2 aromatic carbocycles. The topological polar surface area (TPSA) is 81.2 Å². The normalized spacial score (nSPS) is 27.6. The highest BCUT2D eigenvalue weighted by Crippen LogP contribution is 2.69. The van der Waals surface area contributed by atoms with Crippen molar-refractivity contribution in [3.8, 4) is 0 Å². The number of para-hydroxylation sites is 2. The summed E-state index contributed by atoms with van der Waals surface area (Å²) in [6.07, 6.45) is 4.41. The van der Waals surface area contributed by atoms with E-state index in [1.165, 1.54) is 0 Å². The van der Waals surface area contributed by atoms with E-state index >= 15 is 0 Å². The summed E-state index contributed by atoms with van der Waals surface area (Å²) < 4.78 is -0.792. The van der Waals surface area contributed by atoms with Crippen molar-refractivity contribution >= 4 is 52.5 Å². The molecule has 3 aliphatic rings. The first-order valence-electron chi connectivity index (χ1n) is 14.5. The number of hydrogen-bond acceptors (Lipinski definition) is 5. The van der Waals surface area contributed by atoms with Gasteiger partial charge in [0.1, 0.15) is 6.04 Å². The molecular weight excluding hydrogens is 570 g/mol. The molecule has 7 nitrogen and oxygen atoms in total. The van der Waals surface area contributed by atoms with Gasteiger partial charge >= 0.3 is 0 Å². The zero-order valence-corrected chi connectivity index (χ0v) is 25.7. The first kappa shape index (κ1) is 30.4. The number of aryl methyl sites for hydroxylation is 1. The minimum absolute atomic E-state index is 0.0149. The summed E-state index contributed by atoms with van der Waals surface area (Å²) >= 11 is 8.30. The van der Waals surface area contributed by atoms with Crippen LogP contribution in [0.3, 0.4) is 0 Å². The molecule has 1 spiro atoms. The van der Waals surface area contributed by atoms with E-state index in [1.54, 1.807) is 44.7 Å². The molecule has 42 heavy (non-hydrogen) atoms. The van der Waals surface area contributed by atoms with E-state index in [-0.39, 0.29) is 48.6 Å². The molecule has 3 unspecified atom stereocenters. The van der Waals surface area contributed by atoms with Gasteiger partial charge < -0.3 is 19.8 Å². The molecule has 2 aromatic rings. The third-order valence-corrected chi connectivity index (χ3v) is 11.4. The Kier molecular flexibility index (Phi) is 8.88. The number of nitrogens with zero attached hydrogens (tertiary/aromatic N) is 3. The number of benzene rings is 2. The largest absolute Gasteiger partial charge is 0.396 e. The lowest BCUT2D eigenvalue weighted by atomic mass is 9.65. The van der Waals surface area contributed by atoms with Crippen molar-refractivity contribution in [1.29, 1.82) is 0 Å². The predicted octanol–water partition coefficient (Wildman–Crippen LogP) is 5.11. The van der Waals surface area contributed by atoms with E-state index < -0.39 is 22.6 Å². The van der Waals surface area contributed by atoms with Gasteiger partial charge in [-0.3, -0.25) is 14.4 Å². The molecule has 222 valence electrons. The molecule has 0 aromatic heterocycles. The van der Waals surface area contributed by atoms with Gasteiger partial charge in [-0.2, -0.15) is 0 Å². The quantitative estimate of drug-likeness (QED) is 0.359. The van der Waals surface area contributed by atoms with Crippen LogP contribution in [0.2, 0.25) is 5.02 Å². The Bertz CT molecular complexity index is 1370. The molecule has 0 saturated carbocycles. The van der Waals surface area contributed by atoms with Crippen LogP contribution in [0.1, 0.15) is 25.3 Å². The van der Waals surface area contributed by atoms with Gasteiger partial charge in [0.2, 0.25) is 11.8 Å². The van der Waals surface area contributed by atoms with Crippen LogP contribution in [-0.2, 0) is 14.4 Å². The first-order valence-corrected chi connectivity index (χ1v) is 15.7. The minimum atomic E-state index is -0.815. The number of hydrogen-bond donors (Lipinski definition) is 1. The van der Waals surface area contributed by atoms with Gasteiger partial charge in [0.15, 0.2) is 0 Å². The van der Waals surface area contributed by atoms with E-state index in [2.05, 4.69) is 20.1 Å². The van der Waals surface area contributed by atoms with Crippen molar-refractivity contribution in [3.05, 3.63) is 84.4 Å². The Morgan fingerprint density at radius 1 is 1.10 bits per heavy atom. The number of carbonyl (C=O) groups excluding carboxylic acids is 3. The molecule has 3 fully saturated rings. The summed E-state index contributed by atoms with van der Waals surface area (Å²) in [6, 6.07) is 14.1. The van der Waals surface area contributed by atoms with Crippen molar-refractivity contribution in [2.24, 2.45) is 17.8 Å². The maximum Gasteiger partial charge on any atom is 0.251 e. The molecule has 1 N–H and O–H groups in total. The molecule has 3 saturated heterocycles. The molecular formula is C33H38ClN3O4S. The summed E-state index contributed by atoms with van der Waals surface area (Å²) in [4.78, 5) is 48.6. The lowest BCUT2D eigenvalue weighted by Crippen LogP contribution is -2.58. The van der Waals surface area contributed by atoms with Crippen LogP contribution in [0, 0.1) is 24.7 Å². The van der Waals surface area contributed by atoms with Gasteiger partial charge in [-0.25, -0.2) is 0 Å². The van der Waals surface area contributed by atoms with E-state index in [0.29, 0.717) is 23.7 Å². The number of amides is 3. The first-order chi connectivity index (χ1) is 20.2. The second-order valence-corrected chi connectivity index (χ2v) is 13.3. The zero-order chi connectivity index (χ0) is 30.2. The van der Waals surface area contributed by atoms with E-state index in [4.69, 9.17) is 11.6 Å². The van der Waals surface area contributed by atoms with E-state index in [1.807, 2.05) is 49.4 Å². The Morgan fingerprint density at radius 3 is 2.43 bits per heavy atom. The Hall–Kier alpha value is -3.07. The molecule has 3 amide bonds. The molecule has 9 heteroatoms. The highest BCUT2D eigenvalue weighted by molar-refractivity contribution is 8.02. The highest BCUT2D eigenvalue weighted by atomic mass is 35.5. The maximum absolute atomic E-state index is 14.8. The Balaban J connectivity index is 1.61. The number of rotatable bonds is 11. The highest BCUT2D eigenvalue weighted by Gasteiger charge is 2.76. The summed E-state index contributed by atoms with van der Waals surface area (Å²) in [6.45, 7) is 12.4. The van der Waals surface area contributed by atoms with Gasteiger partial charge in [-0.15, -0.1) is 24.9 Å². The van der Waals surface area contributed by atoms with E-state index in [0.717, 1.165) is 17.7 Å². The van der Waals surface area contributed by atoms with Crippen molar-refractivity contribution < 1.29 is 19.5 Å². The maximum atomic E-state index is 14.8. The van der Waals surface area contributed by atoms with E-state index in [9.17, 15) is 19.5 Å². The third kappa shape index (κ3) is 4.77. The number of halogens is 1. The van der Waals surface area contributed by atoms with Crippen LogP contribution in [0.25, 0.3) is 0 Å². The minimum Gasteiger partial charge on any atom is -0.396 e. The number of anilines is 2. The lowest BCUT2D eigenvalue weighted by Gasteiger charge is -2.41. The van der Waals surface area contributed by atoms with Crippen molar-refractivity contribution in [2.45, 2.75) is 42.7 Å². The average molecular weight is 608 g/mol. The fourth-order valence-corrected chi connectivity index (χ4v) is 10.1. The summed E-state index contributed by atoms with van der Waals surface area (Å²) in [5.41, 5.74) is 2.18. The summed E-state index contributed by atoms with van der Waals surface area (Å²) in [7, 11) is 0. The van der Waals surface area contributed by atoms with Gasteiger partial charge in [-0.05, 0) is 49.4 Å². The third-order valence-electron chi connectivity index (χ3n) is 9.00. The molecule has 5 rings (SSSR count). The van der Waals surface area contributed by atoms with Crippen LogP contribution >= 0.6 is 23.4 Å². The Morgan fingerprint density at radius 2 is 1.79 bits per heavy atom. The van der Waals surface area contributed by atoms with Gasteiger partial charge in [0.05, 0.1) is 27.3 Å². The fourth-order valence-electron chi connectivity index (χ4n) is 7.34. The molecule has 2 bridgehead atoms. The zero-order valence-electron chi connectivity index (χ0n) is 24.1. The average Bonchev–Trinajstić information content (AvgIpc) is 3.57. The SMILES string of the molecule is C=CCN(C(=O)[C@@H]1[C@H]2C(=O)N(CCCO)C(C(=O)N(CC=C)c3c(C)cccc3Cl)C23S[C@@H]1CC3C)c1ccccc1. The van der Waals surface area contributed by atoms with Crippen molar-refractivity contribution in [3.63, 3.8) is 0 Å². The fraction of sp³-hybridized carbons (Fsp3) is 0.424. The molecule has 0 radical (unpaired) electrons. The molecule has 6 atom stereocenters. The van der Waals surface area contributed by atoms with Crippen LogP contribution < -0.4 is 9.80 Å². The smallest absolute Gasteiger partial charge is 0.251 e. The lowest BCUT2D eigenvalue weighted by molar-refractivity contribution is -0.139. The van der Waals surface area contributed by atoms with Gasteiger partial charge in [0, 0.05) is 37.2 Å². The van der Waals surface area contributed by atoms with Crippen LogP contribution in [-0.4, -0.2) is 70.0 Å². The van der Waals surface area contributed by atoms with Crippen LogP contribution in [0.4, 0.5) is 11.4 Å². The molecule has 3 aliphatic heterocycles. The van der Waals surface area contributed by atoms with Gasteiger partial charge in [-0.1, -0.05) is 61.0 Å². The summed E-state index contributed by atoms with van der Waals surface area (Å²) in [5, 5.41) is 10.1. The summed E-state index contributed by atoms with van der Waals surface area (Å²) in [5.74, 6) is -1.78. The monoisotopic (exact) mass is 607 g/mol. The number of thioether (sulfide) groups is 1. The predicted molar refractivity (Wildman–Crippen MR) is 170 cm³/mol. The van der Waals surface area contributed by atoms with Crippen LogP contribution in [0.5, 0.6) is 0 Å². The number of fused-ring (bicyclic) bond motifs is 1. The number of carbonyl (C=O) groups is 3. The van der Waals surface area contributed by atoms with Crippen molar-refractivity contribution in [1.82, 2.24) is 4.90 Å². The van der Waals surface area contributed by atoms with Gasteiger partial charge in [0.25, 0.3) is 5.91 Å². The standard InChI is InChI=1S/C33H38ClN3O4S/c1-5-16-35(23-13-8-7-9-14-23)30(39)26-25-20-22(4)33(42-25)27(26)31(40)37(18-11-19-38)29(33)32(41)36(17-6-2)28-21(3)12-10-15-24(28)34/h5-10,12-15,22,25-27,29,38H,1-2,11,16-20H2,3-4H3/t22?,25-,26+,27+,29?,33?/m1/s1. The molecule has 0 aliphatic carbocycles.